The molecule has 2 N–H and O–H groups in total. The van der Waals surface area contributed by atoms with E-state index in [4.69, 9.17) is 10.5 Å². The number of rotatable bonds is 4. The van der Waals surface area contributed by atoms with Gasteiger partial charge in [0.25, 0.3) is 5.69 Å². The normalized spacial score (nSPS) is 11.9. The molecule has 2 rings (SSSR count). The fourth-order valence-electron chi connectivity index (χ4n) is 1.73. The molecule has 0 radical (unpaired) electrons. The van der Waals surface area contributed by atoms with Crippen LogP contribution in [0.4, 0.5) is 5.69 Å². The minimum absolute atomic E-state index is 0.0283. The zero-order chi connectivity index (χ0) is 14.7. The Balaban J connectivity index is 2.27. The van der Waals surface area contributed by atoms with Crippen molar-refractivity contribution in [1.82, 2.24) is 0 Å². The van der Waals surface area contributed by atoms with Crippen LogP contribution < -0.4 is 10.5 Å². The summed E-state index contributed by atoms with van der Waals surface area (Å²) < 4.78 is 6.65. The van der Waals surface area contributed by atoms with E-state index < -0.39 is 4.92 Å². The summed E-state index contributed by atoms with van der Waals surface area (Å²) in [6, 6.07) is 11.3. The summed E-state index contributed by atoms with van der Waals surface area (Å²) in [5.74, 6) is 1.16. The highest BCUT2D eigenvalue weighted by Crippen LogP contribution is 2.31. The summed E-state index contributed by atoms with van der Waals surface area (Å²) in [7, 11) is 0. The number of nitrogens with zero attached hydrogens (tertiary/aromatic N) is 1. The maximum absolute atomic E-state index is 10.6. The standard InChI is InChI=1S/C14H13BrN2O3/c1-9(16)13-8-10(15)2-7-14(13)20-12-5-3-11(4-6-12)17(18)19/h2-9H,16H2,1H3. The second-order valence-corrected chi connectivity index (χ2v) is 5.24. The largest absolute Gasteiger partial charge is 0.457 e. The lowest BCUT2D eigenvalue weighted by Gasteiger charge is -2.14. The van der Waals surface area contributed by atoms with Gasteiger partial charge >= 0.3 is 0 Å². The Labute approximate surface area is 124 Å². The third-order valence-electron chi connectivity index (χ3n) is 2.74. The van der Waals surface area contributed by atoms with Gasteiger partial charge in [0.1, 0.15) is 11.5 Å². The van der Waals surface area contributed by atoms with Crippen molar-refractivity contribution in [2.24, 2.45) is 5.73 Å². The number of nitrogens with two attached hydrogens (primary N) is 1. The summed E-state index contributed by atoms with van der Waals surface area (Å²) >= 11 is 3.39. The Hall–Kier alpha value is -1.92. The molecular formula is C14H13BrN2O3. The molecule has 0 saturated carbocycles. The number of halogens is 1. The van der Waals surface area contributed by atoms with E-state index in [-0.39, 0.29) is 11.7 Å². The lowest BCUT2D eigenvalue weighted by atomic mass is 10.1. The van der Waals surface area contributed by atoms with Crippen molar-refractivity contribution < 1.29 is 9.66 Å². The van der Waals surface area contributed by atoms with Crippen LogP contribution >= 0.6 is 15.9 Å². The van der Waals surface area contributed by atoms with Gasteiger partial charge in [0.05, 0.1) is 4.92 Å². The van der Waals surface area contributed by atoms with Crippen molar-refractivity contribution in [2.45, 2.75) is 13.0 Å². The Bertz CT molecular complexity index is 627. The molecule has 0 saturated heterocycles. The zero-order valence-corrected chi connectivity index (χ0v) is 12.3. The SMILES string of the molecule is CC(N)c1cc(Br)ccc1Oc1ccc([N+](=O)[O-])cc1. The van der Waals surface area contributed by atoms with Crippen molar-refractivity contribution >= 4 is 21.6 Å². The highest BCUT2D eigenvalue weighted by Gasteiger charge is 2.11. The molecule has 5 nitrogen and oxygen atoms in total. The minimum atomic E-state index is -0.448. The molecule has 1 unspecified atom stereocenters. The Morgan fingerprint density at radius 3 is 2.45 bits per heavy atom. The third-order valence-corrected chi connectivity index (χ3v) is 3.23. The van der Waals surface area contributed by atoms with Crippen LogP contribution in [0.25, 0.3) is 0 Å². The molecule has 0 aliphatic carbocycles. The molecule has 1 atom stereocenters. The van der Waals surface area contributed by atoms with Gasteiger partial charge in [-0.25, -0.2) is 0 Å². The number of ether oxygens (including phenoxy) is 1. The molecule has 6 heteroatoms. The number of nitro groups is 1. The third kappa shape index (κ3) is 3.34. The molecule has 0 fully saturated rings. The van der Waals surface area contributed by atoms with Gasteiger partial charge < -0.3 is 10.5 Å². The zero-order valence-electron chi connectivity index (χ0n) is 10.7. The van der Waals surface area contributed by atoms with Crippen molar-refractivity contribution in [3.8, 4) is 11.5 Å². The quantitative estimate of drug-likeness (QED) is 0.671. The predicted octanol–water partition coefficient (Wildman–Crippen LogP) is 4.17. The van der Waals surface area contributed by atoms with Gasteiger partial charge in [0.2, 0.25) is 0 Å². The maximum Gasteiger partial charge on any atom is 0.269 e. The molecule has 0 spiro atoms. The molecule has 0 aromatic heterocycles. The summed E-state index contributed by atoms with van der Waals surface area (Å²) in [6.45, 7) is 1.87. The van der Waals surface area contributed by atoms with Crippen molar-refractivity contribution in [1.29, 1.82) is 0 Å². The van der Waals surface area contributed by atoms with Gasteiger partial charge in [0.15, 0.2) is 0 Å². The number of benzene rings is 2. The van der Waals surface area contributed by atoms with Crippen LogP contribution in [-0.2, 0) is 0 Å². The van der Waals surface area contributed by atoms with Crippen molar-refractivity contribution in [2.75, 3.05) is 0 Å². The fraction of sp³-hybridized carbons (Fsp3) is 0.143. The predicted molar refractivity (Wildman–Crippen MR) is 79.9 cm³/mol. The van der Waals surface area contributed by atoms with Crippen LogP contribution in [0.15, 0.2) is 46.9 Å². The van der Waals surface area contributed by atoms with Gasteiger partial charge in [0, 0.05) is 28.2 Å². The molecule has 0 bridgehead atoms. The molecule has 0 aliphatic rings. The number of non-ortho nitro benzene ring substituents is 1. The average Bonchev–Trinajstić information content (AvgIpc) is 2.41. The van der Waals surface area contributed by atoms with Crippen LogP contribution in [0, 0.1) is 10.1 Å². The molecule has 0 heterocycles. The van der Waals surface area contributed by atoms with E-state index in [9.17, 15) is 10.1 Å². The fourth-order valence-corrected chi connectivity index (χ4v) is 2.11. The van der Waals surface area contributed by atoms with Crippen LogP contribution in [0.1, 0.15) is 18.5 Å². The van der Waals surface area contributed by atoms with Gasteiger partial charge in [-0.15, -0.1) is 0 Å². The average molecular weight is 337 g/mol. The lowest BCUT2D eigenvalue weighted by Crippen LogP contribution is -2.06. The Morgan fingerprint density at radius 2 is 1.90 bits per heavy atom. The maximum atomic E-state index is 10.6. The monoisotopic (exact) mass is 336 g/mol. The molecule has 0 aliphatic heterocycles. The Kier molecular flexibility index (Phi) is 4.36. The van der Waals surface area contributed by atoms with E-state index in [1.807, 2.05) is 25.1 Å². The number of hydrogen-bond acceptors (Lipinski definition) is 4. The van der Waals surface area contributed by atoms with Crippen LogP contribution in [0.2, 0.25) is 0 Å². The van der Waals surface area contributed by atoms with Crippen LogP contribution in [0.5, 0.6) is 11.5 Å². The smallest absolute Gasteiger partial charge is 0.269 e. The molecule has 2 aromatic carbocycles. The number of hydrogen-bond donors (Lipinski definition) is 1. The van der Waals surface area contributed by atoms with Gasteiger partial charge in [-0.1, -0.05) is 15.9 Å². The van der Waals surface area contributed by atoms with Gasteiger partial charge in [-0.05, 0) is 37.3 Å². The molecule has 20 heavy (non-hydrogen) atoms. The first-order chi connectivity index (χ1) is 9.47. The van der Waals surface area contributed by atoms with E-state index >= 15 is 0 Å². The highest BCUT2D eigenvalue weighted by atomic mass is 79.9. The van der Waals surface area contributed by atoms with E-state index in [1.54, 1.807) is 12.1 Å². The molecular weight excluding hydrogens is 324 g/mol. The summed E-state index contributed by atoms with van der Waals surface area (Å²) in [5.41, 5.74) is 6.80. The lowest BCUT2D eigenvalue weighted by molar-refractivity contribution is -0.384. The Morgan fingerprint density at radius 1 is 1.25 bits per heavy atom. The van der Waals surface area contributed by atoms with E-state index in [1.165, 1.54) is 12.1 Å². The summed E-state index contributed by atoms with van der Waals surface area (Å²) in [4.78, 5) is 10.1. The van der Waals surface area contributed by atoms with Crippen molar-refractivity contribution in [3.63, 3.8) is 0 Å². The second kappa shape index (κ2) is 6.02. The van der Waals surface area contributed by atoms with Gasteiger partial charge in [-0.3, -0.25) is 10.1 Å². The van der Waals surface area contributed by atoms with Crippen LogP contribution in [0.3, 0.4) is 0 Å². The minimum Gasteiger partial charge on any atom is -0.457 e. The van der Waals surface area contributed by atoms with Crippen molar-refractivity contribution in [3.05, 3.63) is 62.6 Å². The topological polar surface area (TPSA) is 78.4 Å². The van der Waals surface area contributed by atoms with E-state index in [2.05, 4.69) is 15.9 Å². The second-order valence-electron chi connectivity index (χ2n) is 4.32. The van der Waals surface area contributed by atoms with E-state index in [0.717, 1.165) is 10.0 Å². The van der Waals surface area contributed by atoms with Crippen LogP contribution in [-0.4, -0.2) is 4.92 Å². The summed E-state index contributed by atoms with van der Waals surface area (Å²) in [5, 5.41) is 10.6. The van der Waals surface area contributed by atoms with E-state index in [0.29, 0.717) is 11.5 Å². The highest BCUT2D eigenvalue weighted by molar-refractivity contribution is 9.10. The summed E-state index contributed by atoms with van der Waals surface area (Å²) in [6.07, 6.45) is 0. The first kappa shape index (κ1) is 14.5. The first-order valence-electron chi connectivity index (χ1n) is 5.94. The van der Waals surface area contributed by atoms with Gasteiger partial charge in [-0.2, -0.15) is 0 Å². The molecule has 0 amide bonds. The molecule has 104 valence electrons. The first-order valence-corrected chi connectivity index (χ1v) is 6.74. The number of nitro benzene ring substituents is 1. The molecule has 2 aromatic rings.